The average Bonchev–Trinajstić information content (AvgIpc) is 2.86. The third-order valence-corrected chi connectivity index (χ3v) is 3.37. The topological polar surface area (TPSA) is 75.5 Å². The van der Waals surface area contributed by atoms with Gasteiger partial charge in [0.1, 0.15) is 0 Å². The molecule has 1 heterocycles. The number of rotatable bonds is 2. The van der Waals surface area contributed by atoms with Crippen LogP contribution < -0.4 is 5.32 Å². The normalized spacial score (nSPS) is 14.5. The molecular formula is C13H17N3O3. The minimum absolute atomic E-state index is 0.0803. The Morgan fingerprint density at radius 1 is 1.26 bits per heavy atom. The number of urea groups is 1. The molecular weight excluding hydrogens is 246 g/mol. The Hall–Kier alpha value is -2.11. The molecule has 0 aromatic heterocycles. The summed E-state index contributed by atoms with van der Waals surface area (Å²) in [6.07, 6.45) is 2.07. The number of hydrogen-bond donors (Lipinski definition) is 1. The first-order chi connectivity index (χ1) is 8.99. The van der Waals surface area contributed by atoms with E-state index < -0.39 is 4.92 Å². The van der Waals surface area contributed by atoms with Crippen molar-refractivity contribution in [3.05, 3.63) is 33.4 Å². The lowest BCUT2D eigenvalue weighted by Crippen LogP contribution is -2.32. The maximum Gasteiger partial charge on any atom is 0.321 e. The number of likely N-dealkylation sites (tertiary alicyclic amines) is 1. The van der Waals surface area contributed by atoms with Crippen molar-refractivity contribution in [1.82, 2.24) is 4.90 Å². The van der Waals surface area contributed by atoms with Gasteiger partial charge in [0.05, 0.1) is 4.92 Å². The van der Waals surface area contributed by atoms with Crippen LogP contribution in [0, 0.1) is 24.0 Å². The van der Waals surface area contributed by atoms with E-state index in [-0.39, 0.29) is 11.7 Å². The molecule has 102 valence electrons. The third kappa shape index (κ3) is 2.83. The van der Waals surface area contributed by atoms with Crippen molar-refractivity contribution in [1.29, 1.82) is 0 Å². The molecule has 0 bridgehead atoms. The van der Waals surface area contributed by atoms with Crippen LogP contribution in [0.25, 0.3) is 0 Å². The molecule has 6 nitrogen and oxygen atoms in total. The smallest absolute Gasteiger partial charge is 0.321 e. The van der Waals surface area contributed by atoms with Crippen LogP contribution in [-0.2, 0) is 0 Å². The third-order valence-electron chi connectivity index (χ3n) is 3.37. The van der Waals surface area contributed by atoms with Crippen LogP contribution in [0.1, 0.15) is 24.0 Å². The Bertz CT molecular complexity index is 522. The summed E-state index contributed by atoms with van der Waals surface area (Å²) in [6, 6.07) is 3.02. The molecule has 6 heteroatoms. The van der Waals surface area contributed by atoms with E-state index in [4.69, 9.17) is 0 Å². The van der Waals surface area contributed by atoms with Gasteiger partial charge in [-0.15, -0.1) is 0 Å². The Balaban J connectivity index is 2.18. The van der Waals surface area contributed by atoms with E-state index in [1.54, 1.807) is 24.8 Å². The van der Waals surface area contributed by atoms with Crippen molar-refractivity contribution < 1.29 is 9.72 Å². The second kappa shape index (κ2) is 5.26. The molecule has 1 aromatic rings. The van der Waals surface area contributed by atoms with Gasteiger partial charge in [-0.2, -0.15) is 0 Å². The highest BCUT2D eigenvalue weighted by molar-refractivity contribution is 5.90. The van der Waals surface area contributed by atoms with Gasteiger partial charge in [0.2, 0.25) is 0 Å². The predicted octanol–water partition coefficient (Wildman–Crippen LogP) is 2.84. The number of nitro groups is 1. The number of carbonyl (C=O) groups is 1. The predicted molar refractivity (Wildman–Crippen MR) is 72.4 cm³/mol. The highest BCUT2D eigenvalue weighted by atomic mass is 16.6. The lowest BCUT2D eigenvalue weighted by molar-refractivity contribution is -0.385. The van der Waals surface area contributed by atoms with E-state index in [0.29, 0.717) is 16.8 Å². The number of nitrogens with zero attached hydrogens (tertiary/aromatic N) is 2. The van der Waals surface area contributed by atoms with E-state index in [0.717, 1.165) is 25.9 Å². The summed E-state index contributed by atoms with van der Waals surface area (Å²) in [5.74, 6) is 0. The van der Waals surface area contributed by atoms with Gasteiger partial charge in [0.25, 0.3) is 5.69 Å². The standard InChI is InChI=1S/C13H17N3O3/c1-9-8-12(16(18)19)10(2)7-11(9)14-13(17)15-5-3-4-6-15/h7-8H,3-6H2,1-2H3,(H,14,17). The van der Waals surface area contributed by atoms with Crippen molar-refractivity contribution in [2.24, 2.45) is 0 Å². The van der Waals surface area contributed by atoms with E-state index >= 15 is 0 Å². The summed E-state index contributed by atoms with van der Waals surface area (Å²) in [5, 5.41) is 13.7. The number of hydrogen-bond acceptors (Lipinski definition) is 3. The van der Waals surface area contributed by atoms with Crippen LogP contribution >= 0.6 is 0 Å². The molecule has 2 rings (SSSR count). The van der Waals surface area contributed by atoms with E-state index in [1.165, 1.54) is 6.07 Å². The molecule has 0 unspecified atom stereocenters. The van der Waals surface area contributed by atoms with Crippen molar-refractivity contribution in [2.45, 2.75) is 26.7 Å². The maximum atomic E-state index is 12.0. The fourth-order valence-corrected chi connectivity index (χ4v) is 2.25. The zero-order valence-electron chi connectivity index (χ0n) is 11.1. The number of benzene rings is 1. The van der Waals surface area contributed by atoms with Crippen molar-refractivity contribution in [3.8, 4) is 0 Å². The minimum Gasteiger partial charge on any atom is -0.325 e. The summed E-state index contributed by atoms with van der Waals surface area (Å²) in [5.41, 5.74) is 1.97. The number of carbonyl (C=O) groups excluding carboxylic acids is 1. The number of anilines is 1. The highest BCUT2D eigenvalue weighted by Crippen LogP contribution is 2.26. The molecule has 0 saturated carbocycles. The first-order valence-electron chi connectivity index (χ1n) is 6.30. The van der Waals surface area contributed by atoms with Gasteiger partial charge < -0.3 is 10.2 Å². The molecule has 0 radical (unpaired) electrons. The summed E-state index contributed by atoms with van der Waals surface area (Å²) in [6.45, 7) is 4.98. The number of amides is 2. The van der Waals surface area contributed by atoms with Gasteiger partial charge in [0.15, 0.2) is 0 Å². The molecule has 19 heavy (non-hydrogen) atoms. The molecule has 0 aliphatic carbocycles. The molecule has 1 aliphatic heterocycles. The quantitative estimate of drug-likeness (QED) is 0.658. The second-order valence-electron chi connectivity index (χ2n) is 4.84. The fraction of sp³-hybridized carbons (Fsp3) is 0.462. The Morgan fingerprint density at radius 3 is 2.47 bits per heavy atom. The maximum absolute atomic E-state index is 12.0. The Morgan fingerprint density at radius 2 is 1.89 bits per heavy atom. The molecule has 1 aromatic carbocycles. The molecule has 0 atom stereocenters. The van der Waals surface area contributed by atoms with Crippen LogP contribution in [0.3, 0.4) is 0 Å². The van der Waals surface area contributed by atoms with Gasteiger partial charge in [-0.05, 0) is 38.3 Å². The first-order valence-corrected chi connectivity index (χ1v) is 6.30. The van der Waals surface area contributed by atoms with Crippen LogP contribution in [-0.4, -0.2) is 28.9 Å². The molecule has 2 amide bonds. The molecule has 1 saturated heterocycles. The SMILES string of the molecule is Cc1cc([N+](=O)[O-])c(C)cc1NC(=O)N1CCCC1. The minimum atomic E-state index is -0.408. The van der Waals surface area contributed by atoms with Crippen molar-refractivity contribution >= 4 is 17.4 Å². The monoisotopic (exact) mass is 263 g/mol. The van der Waals surface area contributed by atoms with Crippen molar-refractivity contribution in [2.75, 3.05) is 18.4 Å². The lowest BCUT2D eigenvalue weighted by atomic mass is 10.1. The zero-order valence-corrected chi connectivity index (χ0v) is 11.1. The van der Waals surface area contributed by atoms with Gasteiger partial charge in [-0.1, -0.05) is 0 Å². The largest absolute Gasteiger partial charge is 0.325 e. The summed E-state index contributed by atoms with van der Waals surface area (Å²) < 4.78 is 0. The number of aryl methyl sites for hydroxylation is 2. The summed E-state index contributed by atoms with van der Waals surface area (Å²) in [4.78, 5) is 24.2. The summed E-state index contributed by atoms with van der Waals surface area (Å²) >= 11 is 0. The van der Waals surface area contributed by atoms with Crippen molar-refractivity contribution in [3.63, 3.8) is 0 Å². The number of nitro benzene ring substituents is 1. The molecule has 1 fully saturated rings. The van der Waals surface area contributed by atoms with Gasteiger partial charge in [0, 0.05) is 30.4 Å². The summed E-state index contributed by atoms with van der Waals surface area (Å²) in [7, 11) is 0. The van der Waals surface area contributed by atoms with E-state index in [2.05, 4.69) is 5.32 Å². The zero-order chi connectivity index (χ0) is 14.0. The molecule has 0 spiro atoms. The fourth-order valence-electron chi connectivity index (χ4n) is 2.25. The Labute approximate surface area is 111 Å². The second-order valence-corrected chi connectivity index (χ2v) is 4.84. The van der Waals surface area contributed by atoms with Crippen LogP contribution in [0.2, 0.25) is 0 Å². The van der Waals surface area contributed by atoms with E-state index in [9.17, 15) is 14.9 Å². The van der Waals surface area contributed by atoms with Gasteiger partial charge >= 0.3 is 6.03 Å². The molecule has 1 N–H and O–H groups in total. The van der Waals surface area contributed by atoms with Crippen LogP contribution in [0.5, 0.6) is 0 Å². The molecule has 1 aliphatic rings. The van der Waals surface area contributed by atoms with Crippen LogP contribution in [0.4, 0.5) is 16.2 Å². The Kier molecular flexibility index (Phi) is 3.69. The highest BCUT2D eigenvalue weighted by Gasteiger charge is 2.20. The number of nitrogens with one attached hydrogen (secondary N) is 1. The first kappa shape index (κ1) is 13.3. The van der Waals surface area contributed by atoms with E-state index in [1.807, 2.05) is 0 Å². The van der Waals surface area contributed by atoms with Gasteiger partial charge in [-0.3, -0.25) is 10.1 Å². The van der Waals surface area contributed by atoms with Crippen LogP contribution in [0.15, 0.2) is 12.1 Å². The average molecular weight is 263 g/mol. The lowest BCUT2D eigenvalue weighted by Gasteiger charge is -2.17. The van der Waals surface area contributed by atoms with Gasteiger partial charge in [-0.25, -0.2) is 4.79 Å².